The van der Waals surface area contributed by atoms with E-state index in [4.69, 9.17) is 0 Å². The van der Waals surface area contributed by atoms with Gasteiger partial charge in [0.1, 0.15) is 16.8 Å². The van der Waals surface area contributed by atoms with Crippen LogP contribution in [0.25, 0.3) is 0 Å². The number of rotatable bonds is 6. The lowest BCUT2D eigenvalue weighted by Gasteiger charge is -2.26. The first kappa shape index (κ1) is 20.8. The van der Waals surface area contributed by atoms with Crippen molar-refractivity contribution in [3.05, 3.63) is 30.1 Å². The summed E-state index contributed by atoms with van der Waals surface area (Å²) in [5.41, 5.74) is 0. The van der Waals surface area contributed by atoms with Gasteiger partial charge in [-0.1, -0.05) is 26.0 Å². The lowest BCUT2D eigenvalue weighted by atomic mass is 10.0. The van der Waals surface area contributed by atoms with Crippen LogP contribution in [0.4, 0.5) is 4.39 Å². The predicted octanol–water partition coefficient (Wildman–Crippen LogP) is 0.774. The van der Waals surface area contributed by atoms with Crippen molar-refractivity contribution < 1.29 is 26.0 Å². The Morgan fingerprint density at radius 2 is 1.85 bits per heavy atom. The van der Waals surface area contributed by atoms with Crippen LogP contribution in [0.2, 0.25) is 0 Å². The van der Waals surface area contributed by atoms with Crippen LogP contribution in [0.3, 0.4) is 0 Å². The Hall–Kier alpha value is -1.52. The molecule has 1 aromatic rings. The lowest BCUT2D eigenvalue weighted by Crippen LogP contribution is -2.51. The monoisotopic (exact) mass is 406 g/mol. The predicted molar refractivity (Wildman–Crippen MR) is 95.2 cm³/mol. The van der Waals surface area contributed by atoms with E-state index in [1.54, 1.807) is 13.8 Å². The summed E-state index contributed by atoms with van der Waals surface area (Å²) in [5, 5.41) is -0.651. The summed E-state index contributed by atoms with van der Waals surface area (Å²) in [5.74, 6) is -1.82. The van der Waals surface area contributed by atoms with E-state index in [-0.39, 0.29) is 13.1 Å². The zero-order valence-corrected chi connectivity index (χ0v) is 16.5. The van der Waals surface area contributed by atoms with E-state index in [0.717, 1.165) is 18.4 Å². The molecule has 2 rings (SSSR count). The smallest absolute Gasteiger partial charge is 0.244 e. The Morgan fingerprint density at radius 1 is 1.23 bits per heavy atom. The second-order valence-corrected chi connectivity index (χ2v) is 10.8. The molecule has 1 heterocycles. The zero-order chi connectivity index (χ0) is 19.7. The van der Waals surface area contributed by atoms with Crippen molar-refractivity contribution in [2.24, 2.45) is 5.92 Å². The Labute approximate surface area is 153 Å². The molecular weight excluding hydrogens is 383 g/mol. The first-order valence-electron chi connectivity index (χ1n) is 8.18. The Morgan fingerprint density at radius 3 is 2.35 bits per heavy atom. The number of amides is 1. The van der Waals surface area contributed by atoms with Gasteiger partial charge in [0.2, 0.25) is 15.9 Å². The summed E-state index contributed by atoms with van der Waals surface area (Å²) in [6.07, 6.45) is 1.43. The van der Waals surface area contributed by atoms with Gasteiger partial charge in [-0.2, -0.15) is 4.72 Å². The van der Waals surface area contributed by atoms with Crippen LogP contribution in [0.5, 0.6) is 0 Å². The number of benzene rings is 1. The van der Waals surface area contributed by atoms with Gasteiger partial charge in [-0.15, -0.1) is 0 Å². The summed E-state index contributed by atoms with van der Waals surface area (Å²) in [6, 6.07) is 3.79. The van der Waals surface area contributed by atoms with Crippen LogP contribution in [0, 0.1) is 11.7 Å². The molecule has 0 saturated carbocycles. The third kappa shape index (κ3) is 4.60. The van der Waals surface area contributed by atoms with Crippen molar-refractivity contribution in [3.8, 4) is 0 Å². The number of sulfone groups is 1. The third-order valence-electron chi connectivity index (χ3n) is 4.40. The fourth-order valence-electron chi connectivity index (χ4n) is 2.84. The van der Waals surface area contributed by atoms with E-state index in [9.17, 15) is 26.0 Å². The van der Waals surface area contributed by atoms with Crippen LogP contribution in [-0.4, -0.2) is 58.3 Å². The maximum absolute atomic E-state index is 13.8. The third-order valence-corrected chi connectivity index (χ3v) is 7.47. The van der Waals surface area contributed by atoms with Gasteiger partial charge in [0.15, 0.2) is 9.84 Å². The SMILES string of the molecule is CC(C)C(NS(=O)(=O)c1ccccc1F)C(=O)N1CCC(S(C)(=O)=O)C1. The number of halogens is 1. The fraction of sp³-hybridized carbons (Fsp3) is 0.562. The van der Waals surface area contributed by atoms with Gasteiger partial charge in [-0.25, -0.2) is 21.2 Å². The van der Waals surface area contributed by atoms with Crippen LogP contribution >= 0.6 is 0 Å². The van der Waals surface area contributed by atoms with Crippen molar-refractivity contribution >= 4 is 25.8 Å². The number of likely N-dealkylation sites (tertiary alicyclic amines) is 1. The van der Waals surface area contributed by atoms with E-state index >= 15 is 0 Å². The molecular formula is C16H23FN2O5S2. The molecule has 1 aliphatic heterocycles. The molecule has 0 aliphatic carbocycles. The van der Waals surface area contributed by atoms with Crippen LogP contribution in [-0.2, 0) is 24.7 Å². The number of hydrogen-bond acceptors (Lipinski definition) is 5. The molecule has 0 radical (unpaired) electrons. The van der Waals surface area contributed by atoms with E-state index in [0.29, 0.717) is 6.42 Å². The highest BCUT2D eigenvalue weighted by Crippen LogP contribution is 2.20. The average Bonchev–Trinajstić information content (AvgIpc) is 3.02. The molecule has 146 valence electrons. The minimum atomic E-state index is -4.24. The largest absolute Gasteiger partial charge is 0.340 e. The van der Waals surface area contributed by atoms with Crippen LogP contribution in [0.15, 0.2) is 29.2 Å². The van der Waals surface area contributed by atoms with E-state index in [1.165, 1.54) is 17.0 Å². The molecule has 7 nitrogen and oxygen atoms in total. The lowest BCUT2D eigenvalue weighted by molar-refractivity contribution is -0.132. The van der Waals surface area contributed by atoms with E-state index in [2.05, 4.69) is 4.72 Å². The topological polar surface area (TPSA) is 101 Å². The molecule has 1 fully saturated rings. The summed E-state index contributed by atoms with van der Waals surface area (Å²) in [6.45, 7) is 3.59. The summed E-state index contributed by atoms with van der Waals surface area (Å²) < 4.78 is 64.4. The molecule has 0 bridgehead atoms. The number of hydrogen-bond donors (Lipinski definition) is 1. The van der Waals surface area contributed by atoms with Gasteiger partial charge < -0.3 is 4.90 Å². The van der Waals surface area contributed by atoms with Gasteiger partial charge >= 0.3 is 0 Å². The molecule has 1 amide bonds. The van der Waals surface area contributed by atoms with Gasteiger partial charge in [0.25, 0.3) is 0 Å². The molecule has 1 aromatic carbocycles. The minimum absolute atomic E-state index is 0.0301. The molecule has 26 heavy (non-hydrogen) atoms. The first-order valence-corrected chi connectivity index (χ1v) is 11.6. The summed E-state index contributed by atoms with van der Waals surface area (Å²) >= 11 is 0. The Bertz CT molecular complexity index is 884. The van der Waals surface area contributed by atoms with Crippen LogP contribution < -0.4 is 4.72 Å². The van der Waals surface area contributed by atoms with Gasteiger partial charge in [-0.05, 0) is 24.5 Å². The quantitative estimate of drug-likeness (QED) is 0.752. The molecule has 1 N–H and O–H groups in total. The first-order chi connectivity index (χ1) is 11.9. The highest BCUT2D eigenvalue weighted by Gasteiger charge is 2.38. The van der Waals surface area contributed by atoms with Crippen molar-refractivity contribution in [1.82, 2.24) is 9.62 Å². The molecule has 0 aromatic heterocycles. The number of carbonyl (C=O) groups is 1. The number of nitrogens with zero attached hydrogens (tertiary/aromatic N) is 1. The number of nitrogens with one attached hydrogen (secondary N) is 1. The minimum Gasteiger partial charge on any atom is -0.340 e. The number of sulfonamides is 1. The van der Waals surface area contributed by atoms with Gasteiger partial charge in [-0.3, -0.25) is 4.79 Å². The average molecular weight is 407 g/mol. The van der Waals surface area contributed by atoms with E-state index < -0.39 is 53.7 Å². The molecule has 2 unspecified atom stereocenters. The summed E-state index contributed by atoms with van der Waals surface area (Å²) in [7, 11) is -7.52. The number of carbonyl (C=O) groups excluding carboxylic acids is 1. The highest BCUT2D eigenvalue weighted by molar-refractivity contribution is 7.91. The van der Waals surface area contributed by atoms with Gasteiger partial charge in [0.05, 0.1) is 5.25 Å². The normalized spacial score (nSPS) is 19.7. The van der Waals surface area contributed by atoms with Crippen molar-refractivity contribution in [1.29, 1.82) is 0 Å². The second-order valence-electron chi connectivity index (χ2n) is 6.80. The van der Waals surface area contributed by atoms with Crippen molar-refractivity contribution in [3.63, 3.8) is 0 Å². The molecule has 1 saturated heterocycles. The summed E-state index contributed by atoms with van der Waals surface area (Å²) in [4.78, 5) is 13.6. The van der Waals surface area contributed by atoms with Crippen molar-refractivity contribution in [2.45, 2.75) is 36.5 Å². The second kappa shape index (κ2) is 7.61. The Kier molecular flexibility index (Phi) is 6.09. The standard InChI is InChI=1S/C16H23FN2O5S2/c1-11(2)15(16(20)19-9-8-12(10-19)25(3,21)22)18-26(23,24)14-7-5-4-6-13(14)17/h4-7,11-12,15,18H,8-10H2,1-3H3. The van der Waals surface area contributed by atoms with Gasteiger partial charge in [0, 0.05) is 19.3 Å². The molecule has 10 heteroatoms. The highest BCUT2D eigenvalue weighted by atomic mass is 32.2. The maximum Gasteiger partial charge on any atom is 0.244 e. The van der Waals surface area contributed by atoms with Crippen LogP contribution in [0.1, 0.15) is 20.3 Å². The molecule has 2 atom stereocenters. The molecule has 1 aliphatic rings. The Balaban J connectivity index is 2.22. The zero-order valence-electron chi connectivity index (χ0n) is 14.8. The fourth-order valence-corrected chi connectivity index (χ4v) is 5.24. The van der Waals surface area contributed by atoms with Crippen molar-refractivity contribution in [2.75, 3.05) is 19.3 Å². The van der Waals surface area contributed by atoms with E-state index in [1.807, 2.05) is 0 Å². The maximum atomic E-state index is 13.8. The molecule has 0 spiro atoms.